The first-order valence-corrected chi connectivity index (χ1v) is 6.82. The van der Waals surface area contributed by atoms with Crippen LogP contribution in [0.15, 0.2) is 24.3 Å². The Morgan fingerprint density at radius 3 is 2.53 bits per heavy atom. The van der Waals surface area contributed by atoms with Crippen molar-refractivity contribution in [3.63, 3.8) is 0 Å². The van der Waals surface area contributed by atoms with Crippen LogP contribution in [0.25, 0.3) is 0 Å². The monoisotopic (exact) mass is 263 g/mol. The Morgan fingerprint density at radius 2 is 2.00 bits per heavy atom. The molecule has 1 amide bonds. The largest absolute Gasteiger partial charge is 0.326 e. The summed E-state index contributed by atoms with van der Waals surface area (Å²) in [6, 6.07) is 7.63. The van der Waals surface area contributed by atoms with Crippen molar-refractivity contribution in [1.82, 2.24) is 4.90 Å². The zero-order chi connectivity index (χ0) is 14.3. The average molecular weight is 263 g/mol. The number of carbonyl (C=O) groups is 1. The fraction of sp³-hybridized carbons (Fsp3) is 0.533. The normalized spacial score (nSPS) is 12.5. The number of amides is 1. The molecule has 4 heteroatoms. The number of rotatable bonds is 7. The molecule has 0 bridgehead atoms. The average Bonchev–Trinajstić information content (AvgIpc) is 2.39. The van der Waals surface area contributed by atoms with Gasteiger partial charge in [0.25, 0.3) is 0 Å². The molecule has 106 valence electrons. The molecule has 4 nitrogen and oxygen atoms in total. The van der Waals surface area contributed by atoms with Crippen LogP contribution in [0, 0.1) is 5.92 Å². The van der Waals surface area contributed by atoms with Crippen molar-refractivity contribution >= 4 is 11.6 Å². The lowest BCUT2D eigenvalue weighted by molar-refractivity contribution is -0.117. The molecule has 0 saturated heterocycles. The van der Waals surface area contributed by atoms with E-state index in [0.29, 0.717) is 19.0 Å². The van der Waals surface area contributed by atoms with Gasteiger partial charge < -0.3 is 11.1 Å². The van der Waals surface area contributed by atoms with Crippen LogP contribution in [0.4, 0.5) is 5.69 Å². The highest BCUT2D eigenvalue weighted by Gasteiger charge is 2.09. The number of likely N-dealkylation sites (N-methyl/N-ethyl adjacent to an activating group) is 1. The minimum Gasteiger partial charge on any atom is -0.326 e. The van der Waals surface area contributed by atoms with Crippen molar-refractivity contribution in [1.29, 1.82) is 0 Å². The highest BCUT2D eigenvalue weighted by atomic mass is 16.2. The van der Waals surface area contributed by atoms with E-state index in [-0.39, 0.29) is 5.91 Å². The van der Waals surface area contributed by atoms with Gasteiger partial charge in [-0.25, -0.2) is 0 Å². The molecule has 1 aromatic carbocycles. The van der Waals surface area contributed by atoms with E-state index in [2.05, 4.69) is 24.1 Å². The van der Waals surface area contributed by atoms with Crippen molar-refractivity contribution in [3.8, 4) is 0 Å². The quantitative estimate of drug-likeness (QED) is 0.791. The third-order valence-corrected chi connectivity index (χ3v) is 3.21. The van der Waals surface area contributed by atoms with Crippen LogP contribution < -0.4 is 11.1 Å². The molecule has 0 aliphatic rings. The first-order valence-electron chi connectivity index (χ1n) is 6.82. The van der Waals surface area contributed by atoms with Gasteiger partial charge in [0.05, 0.1) is 6.54 Å². The molecule has 0 heterocycles. The van der Waals surface area contributed by atoms with Gasteiger partial charge in [-0.1, -0.05) is 32.4 Å². The van der Waals surface area contributed by atoms with E-state index in [9.17, 15) is 4.79 Å². The molecule has 0 aromatic heterocycles. The van der Waals surface area contributed by atoms with Gasteiger partial charge in [0.15, 0.2) is 0 Å². The van der Waals surface area contributed by atoms with Crippen molar-refractivity contribution in [2.24, 2.45) is 11.7 Å². The van der Waals surface area contributed by atoms with Crippen LogP contribution in [0.3, 0.4) is 0 Å². The Hall–Kier alpha value is -1.39. The van der Waals surface area contributed by atoms with E-state index in [1.807, 2.05) is 31.3 Å². The molecule has 1 rings (SSSR count). The summed E-state index contributed by atoms with van der Waals surface area (Å²) < 4.78 is 0. The Morgan fingerprint density at radius 1 is 1.37 bits per heavy atom. The highest BCUT2D eigenvalue weighted by Crippen LogP contribution is 2.09. The van der Waals surface area contributed by atoms with Gasteiger partial charge in [0.1, 0.15) is 0 Å². The lowest BCUT2D eigenvalue weighted by atomic mass is 10.1. The lowest BCUT2D eigenvalue weighted by Gasteiger charge is -2.19. The van der Waals surface area contributed by atoms with Crippen molar-refractivity contribution in [3.05, 3.63) is 29.8 Å². The summed E-state index contributed by atoms with van der Waals surface area (Å²) in [5.41, 5.74) is 7.41. The first kappa shape index (κ1) is 15.7. The van der Waals surface area contributed by atoms with Gasteiger partial charge in [-0.15, -0.1) is 0 Å². The standard InChI is InChI=1S/C15H25N3O/c1-4-12(2)10-18(3)11-15(19)17-14-7-5-13(9-16)6-8-14/h5-8,12H,4,9-11,16H2,1-3H3,(H,17,19). The van der Waals surface area contributed by atoms with Crippen molar-refractivity contribution < 1.29 is 4.79 Å². The van der Waals surface area contributed by atoms with Gasteiger partial charge in [0.2, 0.25) is 5.91 Å². The summed E-state index contributed by atoms with van der Waals surface area (Å²) in [7, 11) is 1.98. The Kier molecular flexibility index (Phi) is 6.53. The molecule has 1 atom stereocenters. The van der Waals surface area contributed by atoms with Crippen LogP contribution in [0.5, 0.6) is 0 Å². The third kappa shape index (κ3) is 5.85. The summed E-state index contributed by atoms with van der Waals surface area (Å²) in [4.78, 5) is 13.9. The second kappa shape index (κ2) is 7.92. The number of hydrogen-bond donors (Lipinski definition) is 2. The second-order valence-corrected chi connectivity index (χ2v) is 5.16. The number of nitrogens with two attached hydrogens (primary N) is 1. The van der Waals surface area contributed by atoms with E-state index < -0.39 is 0 Å². The molecular formula is C15H25N3O. The number of hydrogen-bond acceptors (Lipinski definition) is 3. The molecule has 0 aliphatic carbocycles. The summed E-state index contributed by atoms with van der Waals surface area (Å²) >= 11 is 0. The topological polar surface area (TPSA) is 58.4 Å². The summed E-state index contributed by atoms with van der Waals surface area (Å²) in [6.45, 7) is 6.24. The van der Waals surface area contributed by atoms with Gasteiger partial charge in [-0.05, 0) is 30.7 Å². The third-order valence-electron chi connectivity index (χ3n) is 3.21. The molecule has 0 saturated carbocycles. The maximum absolute atomic E-state index is 11.9. The van der Waals surface area contributed by atoms with Gasteiger partial charge in [-0.3, -0.25) is 9.69 Å². The van der Waals surface area contributed by atoms with E-state index in [1.54, 1.807) is 0 Å². The molecule has 19 heavy (non-hydrogen) atoms. The highest BCUT2D eigenvalue weighted by molar-refractivity contribution is 5.92. The zero-order valence-electron chi connectivity index (χ0n) is 12.1. The molecule has 0 fully saturated rings. The number of anilines is 1. The maximum atomic E-state index is 11.9. The molecule has 0 spiro atoms. The fourth-order valence-corrected chi connectivity index (χ4v) is 1.90. The SMILES string of the molecule is CCC(C)CN(C)CC(=O)Nc1ccc(CN)cc1. The number of benzene rings is 1. The second-order valence-electron chi connectivity index (χ2n) is 5.16. The van der Waals surface area contributed by atoms with Crippen LogP contribution in [0.1, 0.15) is 25.8 Å². The van der Waals surface area contributed by atoms with Crippen LogP contribution in [-0.4, -0.2) is 30.9 Å². The molecule has 1 aromatic rings. The Bertz CT molecular complexity index is 389. The van der Waals surface area contributed by atoms with Gasteiger partial charge in [0, 0.05) is 18.8 Å². The van der Waals surface area contributed by atoms with Crippen LogP contribution in [-0.2, 0) is 11.3 Å². The van der Waals surface area contributed by atoms with Crippen LogP contribution >= 0.6 is 0 Å². The lowest BCUT2D eigenvalue weighted by Crippen LogP contribution is -2.33. The predicted molar refractivity (Wildman–Crippen MR) is 79.9 cm³/mol. The maximum Gasteiger partial charge on any atom is 0.238 e. The number of nitrogens with one attached hydrogen (secondary N) is 1. The van der Waals surface area contributed by atoms with Gasteiger partial charge >= 0.3 is 0 Å². The number of nitrogens with zero attached hydrogens (tertiary/aromatic N) is 1. The smallest absolute Gasteiger partial charge is 0.238 e. The summed E-state index contributed by atoms with van der Waals surface area (Å²) in [5.74, 6) is 0.632. The summed E-state index contributed by atoms with van der Waals surface area (Å²) in [5, 5.41) is 2.89. The molecular weight excluding hydrogens is 238 g/mol. The van der Waals surface area contributed by atoms with E-state index >= 15 is 0 Å². The minimum atomic E-state index is 0.0197. The van der Waals surface area contributed by atoms with E-state index in [4.69, 9.17) is 5.73 Å². The molecule has 0 radical (unpaired) electrons. The predicted octanol–water partition coefficient (Wildman–Crippen LogP) is 2.06. The molecule has 1 unspecified atom stereocenters. The molecule has 3 N–H and O–H groups in total. The zero-order valence-corrected chi connectivity index (χ0v) is 12.1. The van der Waals surface area contributed by atoms with Crippen molar-refractivity contribution in [2.45, 2.75) is 26.8 Å². The Labute approximate surface area is 116 Å². The molecule has 0 aliphatic heterocycles. The van der Waals surface area contributed by atoms with E-state index in [1.165, 1.54) is 0 Å². The fourth-order valence-electron chi connectivity index (χ4n) is 1.90. The van der Waals surface area contributed by atoms with Crippen LogP contribution in [0.2, 0.25) is 0 Å². The number of carbonyl (C=O) groups excluding carboxylic acids is 1. The van der Waals surface area contributed by atoms with Crippen molar-refractivity contribution in [2.75, 3.05) is 25.5 Å². The van der Waals surface area contributed by atoms with Gasteiger partial charge in [-0.2, -0.15) is 0 Å². The Balaban J connectivity index is 2.41. The van der Waals surface area contributed by atoms with E-state index in [0.717, 1.165) is 24.2 Å². The minimum absolute atomic E-state index is 0.0197. The summed E-state index contributed by atoms with van der Waals surface area (Å²) in [6.07, 6.45) is 1.13. The first-order chi connectivity index (χ1) is 9.05.